The van der Waals surface area contributed by atoms with Gasteiger partial charge in [-0.2, -0.15) is 0 Å². The maximum Gasteiger partial charge on any atom is 0.231 e. The molecule has 0 spiro atoms. The summed E-state index contributed by atoms with van der Waals surface area (Å²) in [6.45, 7) is 4.38. The van der Waals surface area contributed by atoms with Crippen molar-refractivity contribution >= 4 is 11.6 Å². The number of ether oxygens (including phenoxy) is 1. The number of benzene rings is 1. The van der Waals surface area contributed by atoms with E-state index in [1.54, 1.807) is 20.0 Å². The van der Waals surface area contributed by atoms with Crippen LogP contribution in [0.2, 0.25) is 0 Å². The normalized spacial score (nSPS) is 12.1. The summed E-state index contributed by atoms with van der Waals surface area (Å²) in [5, 5.41) is 0. The Balaban J connectivity index is 2.91. The number of anilines is 1. The Hall–Kier alpha value is -1.62. The van der Waals surface area contributed by atoms with Crippen LogP contribution in [0.5, 0.6) is 5.75 Å². The predicted octanol–water partition coefficient (Wildman–Crippen LogP) is 2.17. The molecule has 1 amide bonds. The van der Waals surface area contributed by atoms with Gasteiger partial charge in [-0.1, -0.05) is 6.92 Å². The Morgan fingerprint density at radius 3 is 2.63 bits per heavy atom. The van der Waals surface area contributed by atoms with Gasteiger partial charge in [-0.3, -0.25) is 4.79 Å². The number of nitrogens with two attached hydrogens (primary N) is 1. The standard InChI is InChI=1S/C14H21FN2O2/c1-4-10(9-16)14(18)17(3)11-6-7-13(19-5-2)12(15)8-11/h6-8,10H,4-5,9,16H2,1-3H3. The highest BCUT2D eigenvalue weighted by atomic mass is 19.1. The van der Waals surface area contributed by atoms with E-state index >= 15 is 0 Å². The summed E-state index contributed by atoms with van der Waals surface area (Å²) in [5.74, 6) is -0.619. The molecule has 106 valence electrons. The van der Waals surface area contributed by atoms with Crippen molar-refractivity contribution in [2.45, 2.75) is 20.3 Å². The molecule has 2 N–H and O–H groups in total. The van der Waals surface area contributed by atoms with Gasteiger partial charge >= 0.3 is 0 Å². The van der Waals surface area contributed by atoms with Gasteiger partial charge in [-0.15, -0.1) is 0 Å². The molecule has 1 aromatic carbocycles. The number of amides is 1. The molecule has 4 nitrogen and oxygen atoms in total. The lowest BCUT2D eigenvalue weighted by molar-refractivity contribution is -0.121. The van der Waals surface area contributed by atoms with E-state index in [0.717, 1.165) is 0 Å². The van der Waals surface area contributed by atoms with Gasteiger partial charge in [-0.05, 0) is 25.5 Å². The van der Waals surface area contributed by atoms with Gasteiger partial charge in [0.1, 0.15) is 0 Å². The maximum atomic E-state index is 13.7. The van der Waals surface area contributed by atoms with Crippen molar-refractivity contribution in [1.82, 2.24) is 0 Å². The van der Waals surface area contributed by atoms with Crippen LogP contribution in [0.1, 0.15) is 20.3 Å². The molecule has 0 bridgehead atoms. The van der Waals surface area contributed by atoms with Crippen LogP contribution in [0.15, 0.2) is 18.2 Å². The Kier molecular flexibility index (Phi) is 5.76. The lowest BCUT2D eigenvalue weighted by Crippen LogP contribution is -2.36. The molecule has 5 heteroatoms. The molecular weight excluding hydrogens is 247 g/mol. The van der Waals surface area contributed by atoms with Gasteiger partial charge < -0.3 is 15.4 Å². The zero-order chi connectivity index (χ0) is 14.4. The average molecular weight is 268 g/mol. The van der Waals surface area contributed by atoms with Crippen molar-refractivity contribution < 1.29 is 13.9 Å². The number of carbonyl (C=O) groups excluding carboxylic acids is 1. The average Bonchev–Trinajstić information content (AvgIpc) is 2.41. The lowest BCUT2D eigenvalue weighted by Gasteiger charge is -2.22. The van der Waals surface area contributed by atoms with E-state index in [4.69, 9.17) is 10.5 Å². The number of hydrogen-bond acceptors (Lipinski definition) is 3. The molecule has 1 rings (SSSR count). The van der Waals surface area contributed by atoms with E-state index in [-0.39, 0.29) is 17.6 Å². The van der Waals surface area contributed by atoms with Gasteiger partial charge in [-0.25, -0.2) is 4.39 Å². The number of rotatable bonds is 6. The summed E-state index contributed by atoms with van der Waals surface area (Å²) in [5.41, 5.74) is 6.05. The van der Waals surface area contributed by atoms with E-state index in [9.17, 15) is 9.18 Å². The zero-order valence-corrected chi connectivity index (χ0v) is 11.6. The SMILES string of the molecule is CCOc1ccc(N(C)C(=O)C(CC)CN)cc1F. The van der Waals surface area contributed by atoms with E-state index in [0.29, 0.717) is 25.3 Å². The number of nitrogens with zero attached hydrogens (tertiary/aromatic N) is 1. The van der Waals surface area contributed by atoms with Crippen LogP contribution >= 0.6 is 0 Å². The smallest absolute Gasteiger partial charge is 0.231 e. The molecule has 0 fully saturated rings. The Labute approximate surface area is 113 Å². The molecular formula is C14H21FN2O2. The first-order chi connectivity index (χ1) is 9.04. The molecule has 0 heterocycles. The molecule has 0 aliphatic carbocycles. The summed E-state index contributed by atoms with van der Waals surface area (Å²) in [6, 6.07) is 4.49. The maximum absolute atomic E-state index is 13.7. The summed E-state index contributed by atoms with van der Waals surface area (Å²) >= 11 is 0. The quantitative estimate of drug-likeness (QED) is 0.860. The molecule has 0 aliphatic heterocycles. The lowest BCUT2D eigenvalue weighted by atomic mass is 10.1. The summed E-state index contributed by atoms with van der Waals surface area (Å²) in [6.07, 6.45) is 0.666. The van der Waals surface area contributed by atoms with E-state index in [2.05, 4.69) is 0 Å². The summed E-state index contributed by atoms with van der Waals surface area (Å²) in [7, 11) is 1.62. The third kappa shape index (κ3) is 3.67. The highest BCUT2D eigenvalue weighted by molar-refractivity contribution is 5.94. The fourth-order valence-corrected chi connectivity index (χ4v) is 1.81. The minimum Gasteiger partial charge on any atom is -0.491 e. The Bertz CT molecular complexity index is 433. The first-order valence-corrected chi connectivity index (χ1v) is 6.45. The van der Waals surface area contributed by atoms with Crippen molar-refractivity contribution in [2.75, 3.05) is 25.1 Å². The second-order valence-corrected chi connectivity index (χ2v) is 4.29. The molecule has 0 radical (unpaired) electrons. The topological polar surface area (TPSA) is 55.6 Å². The van der Waals surface area contributed by atoms with Gasteiger partial charge in [0.25, 0.3) is 0 Å². The van der Waals surface area contributed by atoms with Crippen molar-refractivity contribution in [3.8, 4) is 5.75 Å². The molecule has 19 heavy (non-hydrogen) atoms. The second-order valence-electron chi connectivity index (χ2n) is 4.29. The first kappa shape index (κ1) is 15.4. The summed E-state index contributed by atoms with van der Waals surface area (Å²) in [4.78, 5) is 13.6. The van der Waals surface area contributed by atoms with Crippen LogP contribution in [-0.2, 0) is 4.79 Å². The molecule has 1 aromatic rings. The molecule has 1 unspecified atom stereocenters. The zero-order valence-electron chi connectivity index (χ0n) is 11.6. The Morgan fingerprint density at radius 2 is 2.16 bits per heavy atom. The van der Waals surface area contributed by atoms with Crippen LogP contribution in [0.4, 0.5) is 10.1 Å². The second kappa shape index (κ2) is 7.09. The van der Waals surface area contributed by atoms with Crippen LogP contribution in [0.3, 0.4) is 0 Å². The highest BCUT2D eigenvalue weighted by Gasteiger charge is 2.20. The van der Waals surface area contributed by atoms with Crippen LogP contribution in [0, 0.1) is 11.7 Å². The number of halogens is 1. The van der Waals surface area contributed by atoms with Crippen molar-refractivity contribution in [2.24, 2.45) is 11.7 Å². The fourth-order valence-electron chi connectivity index (χ4n) is 1.81. The minimum atomic E-state index is -0.472. The van der Waals surface area contributed by atoms with Crippen molar-refractivity contribution in [3.63, 3.8) is 0 Å². The fraction of sp³-hybridized carbons (Fsp3) is 0.500. The molecule has 0 saturated heterocycles. The van der Waals surface area contributed by atoms with E-state index in [1.807, 2.05) is 6.92 Å². The van der Waals surface area contributed by atoms with Gasteiger partial charge in [0, 0.05) is 25.3 Å². The van der Waals surface area contributed by atoms with Crippen molar-refractivity contribution in [1.29, 1.82) is 0 Å². The van der Waals surface area contributed by atoms with Crippen molar-refractivity contribution in [3.05, 3.63) is 24.0 Å². The van der Waals surface area contributed by atoms with Crippen LogP contribution in [-0.4, -0.2) is 26.1 Å². The van der Waals surface area contributed by atoms with Gasteiger partial charge in [0.2, 0.25) is 5.91 Å². The monoisotopic (exact) mass is 268 g/mol. The molecule has 0 aromatic heterocycles. The minimum absolute atomic E-state index is 0.103. The van der Waals surface area contributed by atoms with Crippen LogP contribution < -0.4 is 15.4 Å². The molecule has 0 saturated carbocycles. The Morgan fingerprint density at radius 1 is 1.47 bits per heavy atom. The third-order valence-corrected chi connectivity index (χ3v) is 3.06. The van der Waals surface area contributed by atoms with Crippen LogP contribution in [0.25, 0.3) is 0 Å². The first-order valence-electron chi connectivity index (χ1n) is 6.45. The van der Waals surface area contributed by atoms with Gasteiger partial charge in [0.05, 0.1) is 12.5 Å². The number of carbonyl (C=O) groups is 1. The molecule has 1 atom stereocenters. The van der Waals surface area contributed by atoms with E-state index in [1.165, 1.54) is 17.0 Å². The highest BCUT2D eigenvalue weighted by Crippen LogP contribution is 2.24. The third-order valence-electron chi connectivity index (χ3n) is 3.06. The summed E-state index contributed by atoms with van der Waals surface area (Å²) < 4.78 is 18.9. The van der Waals surface area contributed by atoms with Gasteiger partial charge in [0.15, 0.2) is 11.6 Å². The molecule has 0 aliphatic rings. The van der Waals surface area contributed by atoms with E-state index < -0.39 is 5.82 Å². The largest absolute Gasteiger partial charge is 0.491 e. The predicted molar refractivity (Wildman–Crippen MR) is 73.8 cm³/mol. The number of hydrogen-bond donors (Lipinski definition) is 1.